The minimum absolute atomic E-state index is 0.109. The molecular weight excluding hydrogens is 438 g/mol. The first-order valence-electron chi connectivity index (χ1n) is 12.8. The molecule has 0 spiro atoms. The SMILES string of the molecule is O=c1occ(CN2CCN(c3ccccc3)CC2)c(O)c1CN1CCC(Cc2ccccc2)CC1. The van der Waals surface area contributed by atoms with Gasteiger partial charge in [0.25, 0.3) is 0 Å². The summed E-state index contributed by atoms with van der Waals surface area (Å²) in [7, 11) is 0. The van der Waals surface area contributed by atoms with E-state index < -0.39 is 5.63 Å². The summed E-state index contributed by atoms with van der Waals surface area (Å²) in [6.45, 7) is 6.57. The van der Waals surface area contributed by atoms with Crippen LogP contribution >= 0.6 is 0 Å². The van der Waals surface area contributed by atoms with Gasteiger partial charge in [-0.15, -0.1) is 0 Å². The summed E-state index contributed by atoms with van der Waals surface area (Å²) in [5.41, 5.74) is 3.31. The van der Waals surface area contributed by atoms with E-state index >= 15 is 0 Å². The monoisotopic (exact) mass is 473 g/mol. The van der Waals surface area contributed by atoms with Crippen LogP contribution in [0.15, 0.2) is 76.1 Å². The Morgan fingerprint density at radius 3 is 2.11 bits per heavy atom. The quantitative estimate of drug-likeness (QED) is 0.557. The number of likely N-dealkylation sites (tertiary alicyclic amines) is 1. The van der Waals surface area contributed by atoms with Crippen molar-refractivity contribution in [1.82, 2.24) is 9.80 Å². The minimum Gasteiger partial charge on any atom is -0.507 e. The van der Waals surface area contributed by atoms with Gasteiger partial charge < -0.3 is 14.4 Å². The second-order valence-corrected chi connectivity index (χ2v) is 9.88. The molecule has 5 rings (SSSR count). The van der Waals surface area contributed by atoms with Crippen LogP contribution in [0, 0.1) is 5.92 Å². The maximum absolute atomic E-state index is 12.5. The lowest BCUT2D eigenvalue weighted by Gasteiger charge is -2.36. The van der Waals surface area contributed by atoms with Crippen molar-refractivity contribution in [3.63, 3.8) is 0 Å². The number of hydrogen-bond donors (Lipinski definition) is 1. The molecule has 6 nitrogen and oxygen atoms in total. The van der Waals surface area contributed by atoms with Crippen molar-refractivity contribution in [2.45, 2.75) is 32.4 Å². The number of benzene rings is 2. The van der Waals surface area contributed by atoms with Crippen molar-refractivity contribution < 1.29 is 9.52 Å². The molecule has 0 saturated carbocycles. The standard InChI is InChI=1S/C29H35N3O3/c33-28-25(20-31-15-17-32(18-16-31)26-9-5-2-6-10-26)22-35-29(34)27(28)21-30-13-11-24(12-14-30)19-23-7-3-1-4-8-23/h1-10,22,24,33H,11-21H2. The average molecular weight is 474 g/mol. The Labute approximate surface area is 207 Å². The molecule has 35 heavy (non-hydrogen) atoms. The molecule has 0 amide bonds. The van der Waals surface area contributed by atoms with E-state index in [4.69, 9.17) is 4.42 Å². The average Bonchev–Trinajstić information content (AvgIpc) is 2.91. The Balaban J connectivity index is 1.16. The number of hydrogen-bond acceptors (Lipinski definition) is 6. The van der Waals surface area contributed by atoms with Gasteiger partial charge in [-0.25, -0.2) is 4.79 Å². The Morgan fingerprint density at radius 2 is 1.43 bits per heavy atom. The van der Waals surface area contributed by atoms with E-state index in [1.54, 1.807) is 0 Å². The zero-order chi connectivity index (χ0) is 24.0. The highest BCUT2D eigenvalue weighted by Gasteiger charge is 2.24. The van der Waals surface area contributed by atoms with E-state index in [1.807, 2.05) is 6.07 Å². The maximum atomic E-state index is 12.5. The van der Waals surface area contributed by atoms with E-state index in [-0.39, 0.29) is 5.75 Å². The van der Waals surface area contributed by atoms with Crippen molar-refractivity contribution in [1.29, 1.82) is 0 Å². The van der Waals surface area contributed by atoms with Gasteiger partial charge in [-0.05, 0) is 56.0 Å². The summed E-state index contributed by atoms with van der Waals surface area (Å²) >= 11 is 0. The molecule has 1 N–H and O–H groups in total. The van der Waals surface area contributed by atoms with Gasteiger partial charge in [-0.2, -0.15) is 0 Å². The third-order valence-corrected chi connectivity index (χ3v) is 7.49. The van der Waals surface area contributed by atoms with Crippen LogP contribution in [0.25, 0.3) is 0 Å². The molecular formula is C29H35N3O3. The summed E-state index contributed by atoms with van der Waals surface area (Å²) in [6.07, 6.45) is 4.75. The third kappa shape index (κ3) is 5.95. The molecule has 0 bridgehead atoms. The van der Waals surface area contributed by atoms with Crippen LogP contribution in [0.4, 0.5) is 5.69 Å². The van der Waals surface area contributed by atoms with E-state index in [0.29, 0.717) is 30.1 Å². The van der Waals surface area contributed by atoms with E-state index in [1.165, 1.54) is 17.5 Å². The summed E-state index contributed by atoms with van der Waals surface area (Å²) in [4.78, 5) is 19.5. The normalized spacial score (nSPS) is 18.1. The van der Waals surface area contributed by atoms with Gasteiger partial charge in [0.05, 0.1) is 5.56 Å². The van der Waals surface area contributed by atoms with Crippen LogP contribution in [0.5, 0.6) is 5.75 Å². The molecule has 0 unspecified atom stereocenters. The van der Waals surface area contributed by atoms with E-state index in [2.05, 4.69) is 69.3 Å². The van der Waals surface area contributed by atoms with Crippen LogP contribution in [0.1, 0.15) is 29.5 Å². The van der Waals surface area contributed by atoms with Crippen LogP contribution in [-0.4, -0.2) is 54.2 Å². The zero-order valence-electron chi connectivity index (χ0n) is 20.3. The number of piperidine rings is 1. The topological polar surface area (TPSA) is 60.2 Å². The Bertz CT molecular complexity index is 1130. The highest BCUT2D eigenvalue weighted by Crippen LogP contribution is 2.27. The minimum atomic E-state index is -0.424. The maximum Gasteiger partial charge on any atom is 0.343 e. The molecule has 6 heteroatoms. The number of rotatable bonds is 7. The van der Waals surface area contributed by atoms with Crippen LogP contribution in [0.3, 0.4) is 0 Å². The lowest BCUT2D eigenvalue weighted by Crippen LogP contribution is -2.46. The summed E-state index contributed by atoms with van der Waals surface area (Å²) in [5.74, 6) is 0.776. The molecule has 3 aromatic rings. The molecule has 2 aliphatic heterocycles. The van der Waals surface area contributed by atoms with Crippen LogP contribution in [0.2, 0.25) is 0 Å². The van der Waals surface area contributed by atoms with Crippen molar-refractivity contribution in [3.8, 4) is 5.75 Å². The molecule has 2 saturated heterocycles. The lowest BCUT2D eigenvalue weighted by molar-refractivity contribution is 0.173. The second kappa shape index (κ2) is 11.1. The Hall–Kier alpha value is -3.09. The second-order valence-electron chi connectivity index (χ2n) is 9.88. The predicted molar refractivity (Wildman–Crippen MR) is 139 cm³/mol. The number of piperazine rings is 1. The van der Waals surface area contributed by atoms with Gasteiger partial charge in [0.1, 0.15) is 12.0 Å². The number of nitrogens with zero attached hydrogens (tertiary/aromatic N) is 3. The molecule has 1 aromatic heterocycles. The summed E-state index contributed by atoms with van der Waals surface area (Å²) in [5, 5.41) is 11.0. The molecule has 0 aliphatic carbocycles. The molecule has 3 heterocycles. The number of para-hydroxylation sites is 1. The number of anilines is 1. The molecule has 2 aliphatic rings. The first-order valence-corrected chi connectivity index (χ1v) is 12.8. The highest BCUT2D eigenvalue weighted by molar-refractivity contribution is 5.46. The predicted octanol–water partition coefficient (Wildman–Crippen LogP) is 4.12. The van der Waals surface area contributed by atoms with E-state index in [9.17, 15) is 9.90 Å². The molecule has 0 radical (unpaired) electrons. The molecule has 0 atom stereocenters. The molecule has 2 aromatic carbocycles. The fourth-order valence-corrected chi connectivity index (χ4v) is 5.36. The Kier molecular flexibility index (Phi) is 7.50. The van der Waals surface area contributed by atoms with Crippen LogP contribution in [-0.2, 0) is 19.5 Å². The van der Waals surface area contributed by atoms with Gasteiger partial charge in [-0.1, -0.05) is 48.5 Å². The Morgan fingerprint density at radius 1 is 0.800 bits per heavy atom. The number of aromatic hydroxyl groups is 1. The fourth-order valence-electron chi connectivity index (χ4n) is 5.36. The largest absolute Gasteiger partial charge is 0.507 e. The van der Waals surface area contributed by atoms with Crippen molar-refractivity contribution in [2.75, 3.05) is 44.2 Å². The lowest BCUT2D eigenvalue weighted by atomic mass is 9.90. The third-order valence-electron chi connectivity index (χ3n) is 7.49. The zero-order valence-corrected chi connectivity index (χ0v) is 20.3. The highest BCUT2D eigenvalue weighted by atomic mass is 16.4. The summed E-state index contributed by atoms with van der Waals surface area (Å²) in [6, 6.07) is 21.1. The smallest absolute Gasteiger partial charge is 0.343 e. The van der Waals surface area contributed by atoms with Crippen molar-refractivity contribution in [3.05, 3.63) is 94.0 Å². The first kappa shape index (κ1) is 23.6. The van der Waals surface area contributed by atoms with Crippen LogP contribution < -0.4 is 10.5 Å². The fraction of sp³-hybridized carbons (Fsp3) is 0.414. The van der Waals surface area contributed by atoms with Gasteiger partial charge in [0, 0.05) is 50.5 Å². The van der Waals surface area contributed by atoms with Crippen molar-refractivity contribution in [2.24, 2.45) is 5.92 Å². The van der Waals surface area contributed by atoms with Gasteiger partial charge in [0.15, 0.2) is 0 Å². The summed E-state index contributed by atoms with van der Waals surface area (Å²) < 4.78 is 5.36. The molecule has 184 valence electrons. The van der Waals surface area contributed by atoms with Crippen molar-refractivity contribution >= 4 is 5.69 Å². The van der Waals surface area contributed by atoms with Gasteiger partial charge in [-0.3, -0.25) is 9.80 Å². The first-order chi connectivity index (χ1) is 17.2. The van der Waals surface area contributed by atoms with Gasteiger partial charge in [0.2, 0.25) is 0 Å². The van der Waals surface area contributed by atoms with Gasteiger partial charge >= 0.3 is 5.63 Å². The molecule has 2 fully saturated rings. The van der Waals surface area contributed by atoms with E-state index in [0.717, 1.165) is 58.5 Å².